The molecule has 3 aromatic rings. The molecular formula is C21H17ClF3N5O4. The summed E-state index contributed by atoms with van der Waals surface area (Å²) in [5.41, 5.74) is 0.120. The fourth-order valence-corrected chi connectivity index (χ4v) is 3.87. The molecule has 2 atom stereocenters. The number of hydrogen-bond donors (Lipinski definition) is 2. The van der Waals surface area contributed by atoms with Gasteiger partial charge in [-0.3, -0.25) is 14.9 Å². The van der Waals surface area contributed by atoms with Crippen molar-refractivity contribution in [2.24, 2.45) is 0 Å². The number of hydrogen-bond acceptors (Lipinski definition) is 6. The molecule has 1 aliphatic rings. The Hall–Kier alpha value is -3.80. The standard InChI is InChI=1S/C21H17ClF3N5O4/c1-34-13-5-2-11(3-6-13)16-9-18(21(23,24)25)29-19(26-16)10-17(28-29)20(31)27-15-7-4-12(30(32)33)8-14(15)22/h2-8,10,16,18,26H,9H2,1H3,(H,27,31)/t16-,18-/m0/s1. The Kier molecular flexibility index (Phi) is 6.09. The van der Waals surface area contributed by atoms with E-state index in [4.69, 9.17) is 16.3 Å². The zero-order valence-corrected chi connectivity index (χ0v) is 18.2. The number of anilines is 2. The lowest BCUT2D eigenvalue weighted by molar-refractivity contribution is -0.384. The Balaban J connectivity index is 1.61. The van der Waals surface area contributed by atoms with Gasteiger partial charge in [0.25, 0.3) is 11.6 Å². The number of nitrogens with zero attached hydrogens (tertiary/aromatic N) is 3. The number of nitro groups is 1. The van der Waals surface area contributed by atoms with Crippen molar-refractivity contribution in [3.8, 4) is 5.75 Å². The molecule has 0 aliphatic carbocycles. The number of rotatable bonds is 5. The molecule has 0 bridgehead atoms. The summed E-state index contributed by atoms with van der Waals surface area (Å²) in [5, 5.41) is 20.0. The van der Waals surface area contributed by atoms with E-state index in [2.05, 4.69) is 15.7 Å². The Morgan fingerprint density at radius 2 is 1.97 bits per heavy atom. The summed E-state index contributed by atoms with van der Waals surface area (Å²) in [6, 6.07) is 8.63. The highest BCUT2D eigenvalue weighted by molar-refractivity contribution is 6.34. The molecule has 1 aromatic heterocycles. The molecule has 2 heterocycles. The van der Waals surface area contributed by atoms with Crippen molar-refractivity contribution >= 4 is 34.7 Å². The van der Waals surface area contributed by atoms with Crippen LogP contribution in [0.1, 0.15) is 34.6 Å². The monoisotopic (exact) mass is 495 g/mol. The minimum atomic E-state index is -4.61. The van der Waals surface area contributed by atoms with Gasteiger partial charge in [-0.2, -0.15) is 18.3 Å². The van der Waals surface area contributed by atoms with E-state index >= 15 is 0 Å². The van der Waals surface area contributed by atoms with Gasteiger partial charge in [0, 0.05) is 24.6 Å². The molecular weight excluding hydrogens is 479 g/mol. The second-order valence-corrected chi connectivity index (χ2v) is 7.91. The summed E-state index contributed by atoms with van der Waals surface area (Å²) < 4.78 is 47.4. The van der Waals surface area contributed by atoms with Crippen molar-refractivity contribution in [3.05, 3.63) is 74.9 Å². The number of non-ortho nitro benzene ring substituents is 1. The molecule has 178 valence electrons. The highest BCUT2D eigenvalue weighted by atomic mass is 35.5. The average Bonchev–Trinajstić information content (AvgIpc) is 3.23. The minimum Gasteiger partial charge on any atom is -0.497 e. The van der Waals surface area contributed by atoms with Gasteiger partial charge >= 0.3 is 6.18 Å². The Morgan fingerprint density at radius 3 is 2.56 bits per heavy atom. The average molecular weight is 496 g/mol. The zero-order valence-electron chi connectivity index (χ0n) is 17.5. The van der Waals surface area contributed by atoms with Crippen LogP contribution in [0.3, 0.4) is 0 Å². The van der Waals surface area contributed by atoms with Crippen LogP contribution >= 0.6 is 11.6 Å². The number of ether oxygens (including phenoxy) is 1. The van der Waals surface area contributed by atoms with Crippen LogP contribution < -0.4 is 15.4 Å². The molecule has 0 saturated heterocycles. The fraction of sp³-hybridized carbons (Fsp3) is 0.238. The van der Waals surface area contributed by atoms with Crippen LogP contribution in [-0.2, 0) is 0 Å². The maximum atomic E-state index is 13.9. The number of carbonyl (C=O) groups excluding carboxylic acids is 1. The summed E-state index contributed by atoms with van der Waals surface area (Å²) >= 11 is 5.98. The predicted octanol–water partition coefficient (Wildman–Crippen LogP) is 5.37. The topological polar surface area (TPSA) is 111 Å². The molecule has 34 heavy (non-hydrogen) atoms. The number of methoxy groups -OCH3 is 1. The smallest absolute Gasteiger partial charge is 0.410 e. The number of amides is 1. The molecule has 1 aliphatic heterocycles. The van der Waals surface area contributed by atoms with Crippen LogP contribution in [0.4, 0.5) is 30.4 Å². The van der Waals surface area contributed by atoms with Crippen LogP contribution in [-0.4, -0.2) is 33.9 Å². The van der Waals surface area contributed by atoms with Gasteiger partial charge in [-0.05, 0) is 23.8 Å². The van der Waals surface area contributed by atoms with E-state index < -0.39 is 29.1 Å². The first-order valence-corrected chi connectivity index (χ1v) is 10.3. The summed E-state index contributed by atoms with van der Waals surface area (Å²) in [6.45, 7) is 0. The number of alkyl halides is 3. The number of carbonyl (C=O) groups is 1. The van der Waals surface area contributed by atoms with E-state index in [-0.39, 0.29) is 34.3 Å². The maximum absolute atomic E-state index is 13.9. The highest BCUT2D eigenvalue weighted by Crippen LogP contribution is 2.44. The van der Waals surface area contributed by atoms with Gasteiger partial charge in [0.1, 0.15) is 11.6 Å². The van der Waals surface area contributed by atoms with Gasteiger partial charge in [0.2, 0.25) is 0 Å². The first-order chi connectivity index (χ1) is 16.1. The number of nitrogens with one attached hydrogen (secondary N) is 2. The molecule has 2 N–H and O–H groups in total. The molecule has 4 rings (SSSR count). The summed E-state index contributed by atoms with van der Waals surface area (Å²) in [7, 11) is 1.49. The fourth-order valence-electron chi connectivity index (χ4n) is 3.64. The van der Waals surface area contributed by atoms with Crippen molar-refractivity contribution < 1.29 is 27.6 Å². The number of benzene rings is 2. The summed E-state index contributed by atoms with van der Waals surface area (Å²) in [5.74, 6) is -0.225. The zero-order chi connectivity index (χ0) is 24.6. The lowest BCUT2D eigenvalue weighted by Crippen LogP contribution is -2.35. The molecule has 1 amide bonds. The Morgan fingerprint density at radius 1 is 1.26 bits per heavy atom. The highest BCUT2D eigenvalue weighted by Gasteiger charge is 2.46. The molecule has 0 saturated carbocycles. The lowest BCUT2D eigenvalue weighted by atomic mass is 9.97. The van der Waals surface area contributed by atoms with Crippen LogP contribution in [0.2, 0.25) is 5.02 Å². The maximum Gasteiger partial charge on any atom is 0.410 e. The van der Waals surface area contributed by atoms with E-state index in [1.54, 1.807) is 24.3 Å². The molecule has 0 radical (unpaired) electrons. The van der Waals surface area contributed by atoms with Crippen molar-refractivity contribution in [3.63, 3.8) is 0 Å². The van der Waals surface area contributed by atoms with Gasteiger partial charge in [-0.25, -0.2) is 4.68 Å². The number of halogens is 4. The normalized spacial score (nSPS) is 17.4. The third-order valence-electron chi connectivity index (χ3n) is 5.35. The van der Waals surface area contributed by atoms with Crippen molar-refractivity contribution in [1.29, 1.82) is 0 Å². The molecule has 9 nitrogen and oxygen atoms in total. The third kappa shape index (κ3) is 4.62. The van der Waals surface area contributed by atoms with Gasteiger partial charge in [0.15, 0.2) is 11.7 Å². The third-order valence-corrected chi connectivity index (χ3v) is 5.67. The van der Waals surface area contributed by atoms with Crippen molar-refractivity contribution in [1.82, 2.24) is 9.78 Å². The molecule has 13 heteroatoms. The van der Waals surface area contributed by atoms with Crippen molar-refractivity contribution in [2.75, 3.05) is 17.7 Å². The second-order valence-electron chi connectivity index (χ2n) is 7.50. The van der Waals surface area contributed by atoms with Gasteiger partial charge in [-0.1, -0.05) is 23.7 Å². The largest absolute Gasteiger partial charge is 0.497 e. The van der Waals surface area contributed by atoms with E-state index in [9.17, 15) is 28.1 Å². The van der Waals surface area contributed by atoms with E-state index in [1.807, 2.05) is 0 Å². The Bertz CT molecular complexity index is 1250. The predicted molar refractivity (Wildman–Crippen MR) is 117 cm³/mol. The minimum absolute atomic E-state index is 0.0225. The SMILES string of the molecule is COc1ccc([C@@H]2C[C@@H](C(F)(F)F)n3nc(C(=O)Nc4ccc([N+](=O)[O-])cc4Cl)cc3N2)cc1. The quantitative estimate of drug-likeness (QED) is 0.364. The summed E-state index contributed by atoms with van der Waals surface area (Å²) in [6.07, 6.45) is -4.94. The van der Waals surface area contributed by atoms with Gasteiger partial charge < -0.3 is 15.4 Å². The second kappa shape index (κ2) is 8.86. The number of fused-ring (bicyclic) bond motifs is 1. The molecule has 0 spiro atoms. The van der Waals surface area contributed by atoms with Crippen molar-refractivity contribution in [2.45, 2.75) is 24.7 Å². The Labute approximate surface area is 195 Å². The first-order valence-electron chi connectivity index (χ1n) is 9.89. The molecule has 0 fully saturated rings. The number of aromatic nitrogens is 2. The van der Waals surface area contributed by atoms with Gasteiger partial charge in [0.05, 0.1) is 28.8 Å². The van der Waals surface area contributed by atoms with Crippen LogP contribution in [0.25, 0.3) is 0 Å². The van der Waals surface area contributed by atoms with Gasteiger partial charge in [-0.15, -0.1) is 0 Å². The lowest BCUT2D eigenvalue weighted by Gasteiger charge is -2.33. The molecule has 0 unspecified atom stereocenters. The van der Waals surface area contributed by atoms with Crippen LogP contribution in [0, 0.1) is 10.1 Å². The molecule has 2 aromatic carbocycles. The van der Waals surface area contributed by atoms with E-state index in [0.717, 1.165) is 16.8 Å². The summed E-state index contributed by atoms with van der Waals surface area (Å²) in [4.78, 5) is 22.9. The first kappa shape index (κ1) is 23.4. The van der Waals surface area contributed by atoms with Crippen LogP contribution in [0.15, 0.2) is 48.5 Å². The number of nitro benzene ring substituents is 1. The van der Waals surface area contributed by atoms with E-state index in [1.165, 1.54) is 19.2 Å². The van der Waals surface area contributed by atoms with Crippen LogP contribution in [0.5, 0.6) is 5.75 Å². The van der Waals surface area contributed by atoms with E-state index in [0.29, 0.717) is 11.3 Å².